The molecule has 4 nitrogen and oxygen atoms in total. The highest BCUT2D eigenvalue weighted by atomic mass is 15.1. The van der Waals surface area contributed by atoms with E-state index in [0.29, 0.717) is 11.6 Å². The molecule has 0 aliphatic rings. The number of aryl methyl sites for hydroxylation is 1. The van der Waals surface area contributed by atoms with Crippen molar-refractivity contribution in [3.05, 3.63) is 17.5 Å². The van der Waals surface area contributed by atoms with Gasteiger partial charge in [-0.2, -0.15) is 5.26 Å². The summed E-state index contributed by atoms with van der Waals surface area (Å²) < 4.78 is 0. The average Bonchev–Trinajstić information content (AvgIpc) is 2.16. The highest BCUT2D eigenvalue weighted by Gasteiger charge is 2.16. The lowest BCUT2D eigenvalue weighted by atomic mass is 10.0. The second-order valence-electron chi connectivity index (χ2n) is 4.19. The molecule has 1 heterocycles. The lowest BCUT2D eigenvalue weighted by molar-refractivity contribution is 0.541. The molecule has 80 valence electrons. The zero-order chi connectivity index (χ0) is 11.5. The van der Waals surface area contributed by atoms with E-state index in [4.69, 9.17) is 5.26 Å². The van der Waals surface area contributed by atoms with Gasteiger partial charge in [0, 0.05) is 11.2 Å². The summed E-state index contributed by atoms with van der Waals surface area (Å²) in [4.78, 5) is 8.34. The zero-order valence-electron chi connectivity index (χ0n) is 9.63. The van der Waals surface area contributed by atoms with E-state index < -0.39 is 0 Å². The van der Waals surface area contributed by atoms with Crippen LogP contribution >= 0.6 is 0 Å². The molecule has 4 heteroatoms. The van der Waals surface area contributed by atoms with Crippen LogP contribution in [-0.2, 0) is 0 Å². The Balaban J connectivity index is 2.96. The first-order valence-electron chi connectivity index (χ1n) is 5.01. The number of rotatable bonds is 3. The summed E-state index contributed by atoms with van der Waals surface area (Å²) in [5.41, 5.74) is 1.15. The van der Waals surface area contributed by atoms with Gasteiger partial charge in [0.2, 0.25) is 5.95 Å². The minimum Gasteiger partial charge on any atom is -0.349 e. The predicted molar refractivity (Wildman–Crippen MR) is 59.5 cm³/mol. The number of hydrogen-bond acceptors (Lipinski definition) is 4. The minimum absolute atomic E-state index is 0.0550. The van der Waals surface area contributed by atoms with Gasteiger partial charge in [0.05, 0.1) is 0 Å². The number of nitrogens with one attached hydrogen (secondary N) is 1. The van der Waals surface area contributed by atoms with Crippen molar-refractivity contribution in [2.45, 2.75) is 39.7 Å². The van der Waals surface area contributed by atoms with Gasteiger partial charge < -0.3 is 5.32 Å². The molecule has 0 saturated carbocycles. The summed E-state index contributed by atoms with van der Waals surface area (Å²) in [5, 5.41) is 12.0. The van der Waals surface area contributed by atoms with Gasteiger partial charge >= 0.3 is 0 Å². The molecule has 1 aromatic heterocycles. The van der Waals surface area contributed by atoms with E-state index >= 15 is 0 Å². The molecule has 0 spiro atoms. The highest BCUT2D eigenvalue weighted by Crippen LogP contribution is 2.14. The Hall–Kier alpha value is -1.63. The molecule has 0 unspecified atom stereocenters. The number of anilines is 1. The van der Waals surface area contributed by atoms with Crippen LogP contribution in [0.25, 0.3) is 0 Å². The van der Waals surface area contributed by atoms with Crippen LogP contribution in [-0.4, -0.2) is 15.5 Å². The van der Waals surface area contributed by atoms with Crippen LogP contribution in [0.5, 0.6) is 0 Å². The van der Waals surface area contributed by atoms with E-state index in [1.807, 2.05) is 13.0 Å². The van der Waals surface area contributed by atoms with Gasteiger partial charge in [0.25, 0.3) is 0 Å². The van der Waals surface area contributed by atoms with Crippen LogP contribution in [0, 0.1) is 18.3 Å². The summed E-state index contributed by atoms with van der Waals surface area (Å²) in [6.07, 6.45) is 0.964. The lowest BCUT2D eigenvalue weighted by Gasteiger charge is -2.24. The quantitative estimate of drug-likeness (QED) is 0.820. The summed E-state index contributed by atoms with van der Waals surface area (Å²) in [6.45, 7) is 8.09. The molecule has 1 aromatic rings. The molecule has 0 fully saturated rings. The topological polar surface area (TPSA) is 61.6 Å². The van der Waals surface area contributed by atoms with Gasteiger partial charge in [-0.3, -0.25) is 0 Å². The van der Waals surface area contributed by atoms with Crippen molar-refractivity contribution >= 4 is 5.95 Å². The molecule has 0 radical (unpaired) electrons. The van der Waals surface area contributed by atoms with Gasteiger partial charge in [0.1, 0.15) is 11.8 Å². The fourth-order valence-electron chi connectivity index (χ4n) is 1.07. The van der Waals surface area contributed by atoms with Crippen LogP contribution in [0.2, 0.25) is 0 Å². The van der Waals surface area contributed by atoms with E-state index in [-0.39, 0.29) is 5.54 Å². The summed E-state index contributed by atoms with van der Waals surface area (Å²) in [7, 11) is 0. The van der Waals surface area contributed by atoms with Gasteiger partial charge in [-0.25, -0.2) is 9.97 Å². The van der Waals surface area contributed by atoms with E-state index in [2.05, 4.69) is 36.1 Å². The Morgan fingerprint density at radius 3 is 2.67 bits per heavy atom. The molecule has 0 aliphatic carbocycles. The fraction of sp³-hybridized carbons (Fsp3) is 0.545. The van der Waals surface area contributed by atoms with Gasteiger partial charge in [-0.1, -0.05) is 6.92 Å². The molecule has 0 atom stereocenters. The zero-order valence-corrected chi connectivity index (χ0v) is 9.63. The molecule has 0 amide bonds. The van der Waals surface area contributed by atoms with Crippen molar-refractivity contribution in [2.75, 3.05) is 5.32 Å². The van der Waals surface area contributed by atoms with E-state index in [1.54, 1.807) is 6.07 Å². The van der Waals surface area contributed by atoms with Crippen LogP contribution in [0.1, 0.15) is 38.6 Å². The van der Waals surface area contributed by atoms with Crippen molar-refractivity contribution < 1.29 is 0 Å². The predicted octanol–water partition coefficient (Wildman–Crippen LogP) is 2.26. The van der Waals surface area contributed by atoms with Crippen molar-refractivity contribution in [3.63, 3.8) is 0 Å². The minimum atomic E-state index is -0.0550. The van der Waals surface area contributed by atoms with Crippen molar-refractivity contribution in [2.24, 2.45) is 0 Å². The first-order valence-corrected chi connectivity index (χ1v) is 5.01. The maximum Gasteiger partial charge on any atom is 0.224 e. The first-order chi connectivity index (χ1) is 6.96. The summed E-state index contributed by atoms with van der Waals surface area (Å²) >= 11 is 0. The Morgan fingerprint density at radius 1 is 1.47 bits per heavy atom. The third-order valence-corrected chi connectivity index (χ3v) is 2.30. The van der Waals surface area contributed by atoms with Crippen molar-refractivity contribution in [1.29, 1.82) is 5.26 Å². The van der Waals surface area contributed by atoms with Crippen molar-refractivity contribution in [3.8, 4) is 6.07 Å². The van der Waals surface area contributed by atoms with E-state index in [1.165, 1.54) is 0 Å². The van der Waals surface area contributed by atoms with Crippen LogP contribution in [0.15, 0.2) is 6.07 Å². The smallest absolute Gasteiger partial charge is 0.224 e. The number of nitriles is 1. The largest absolute Gasteiger partial charge is 0.349 e. The third-order valence-electron chi connectivity index (χ3n) is 2.30. The first kappa shape index (κ1) is 11.4. The van der Waals surface area contributed by atoms with Crippen LogP contribution in [0.3, 0.4) is 0 Å². The SMILES string of the molecule is CCC(C)(C)Nc1nc(C)cc(C#N)n1. The van der Waals surface area contributed by atoms with Crippen molar-refractivity contribution in [1.82, 2.24) is 9.97 Å². The number of hydrogen-bond donors (Lipinski definition) is 1. The van der Waals surface area contributed by atoms with E-state index in [9.17, 15) is 0 Å². The fourth-order valence-corrected chi connectivity index (χ4v) is 1.07. The maximum absolute atomic E-state index is 8.77. The molecule has 0 aliphatic heterocycles. The van der Waals surface area contributed by atoms with Crippen LogP contribution in [0.4, 0.5) is 5.95 Å². The Bertz CT molecular complexity index is 390. The third kappa shape index (κ3) is 3.21. The Morgan fingerprint density at radius 2 is 2.13 bits per heavy atom. The average molecular weight is 204 g/mol. The Kier molecular flexibility index (Phi) is 3.25. The molecule has 0 bridgehead atoms. The number of nitrogens with zero attached hydrogens (tertiary/aromatic N) is 3. The molecule has 1 N–H and O–H groups in total. The normalized spacial score (nSPS) is 10.9. The second kappa shape index (κ2) is 4.26. The maximum atomic E-state index is 8.77. The summed E-state index contributed by atoms with van der Waals surface area (Å²) in [6, 6.07) is 3.69. The van der Waals surface area contributed by atoms with Gasteiger partial charge in [0.15, 0.2) is 0 Å². The Labute approximate surface area is 90.4 Å². The lowest BCUT2D eigenvalue weighted by Crippen LogP contribution is -2.30. The molecule has 0 saturated heterocycles. The monoisotopic (exact) mass is 204 g/mol. The molecular weight excluding hydrogens is 188 g/mol. The van der Waals surface area contributed by atoms with Gasteiger partial charge in [-0.05, 0) is 33.3 Å². The molecule has 0 aromatic carbocycles. The second-order valence-corrected chi connectivity index (χ2v) is 4.19. The summed E-state index contributed by atoms with van der Waals surface area (Å²) in [5.74, 6) is 0.526. The highest BCUT2D eigenvalue weighted by molar-refractivity contribution is 5.34. The molecule has 1 rings (SSSR count). The number of aromatic nitrogens is 2. The van der Waals surface area contributed by atoms with E-state index in [0.717, 1.165) is 12.1 Å². The van der Waals surface area contributed by atoms with Crippen LogP contribution < -0.4 is 5.32 Å². The van der Waals surface area contributed by atoms with Gasteiger partial charge in [-0.15, -0.1) is 0 Å². The standard InChI is InChI=1S/C11H16N4/c1-5-11(3,4)15-10-13-8(2)6-9(7-12)14-10/h6H,5H2,1-4H3,(H,13,14,15). The molecular formula is C11H16N4. The molecule has 15 heavy (non-hydrogen) atoms.